The van der Waals surface area contributed by atoms with Crippen molar-refractivity contribution in [2.75, 3.05) is 47.1 Å². The van der Waals surface area contributed by atoms with Crippen LogP contribution in [0, 0.1) is 0 Å². The zero-order valence-corrected chi connectivity index (χ0v) is 12.5. The molecule has 6 heteroatoms. The summed E-state index contributed by atoms with van der Waals surface area (Å²) in [5, 5.41) is 3.89. The summed E-state index contributed by atoms with van der Waals surface area (Å²) >= 11 is 0. The number of hydrogen-bond donors (Lipinski definition) is 0. The molecule has 0 spiro atoms. The number of fused-ring (bicyclic) bond motifs is 1. The highest BCUT2D eigenvalue weighted by Gasteiger charge is 2.23. The Labute approximate surface area is 124 Å². The fraction of sp³-hybridized carbons (Fsp3) is 0.533. The molecule has 2 aliphatic rings. The highest BCUT2D eigenvalue weighted by Crippen LogP contribution is 2.37. The van der Waals surface area contributed by atoms with Crippen LogP contribution in [0.2, 0.25) is 0 Å². The first-order valence-electron chi connectivity index (χ1n) is 7.17. The highest BCUT2D eigenvalue weighted by atomic mass is 16.7. The molecule has 0 saturated carbocycles. The van der Waals surface area contributed by atoms with Crippen LogP contribution >= 0.6 is 0 Å². The third-order valence-electron chi connectivity index (χ3n) is 3.95. The molecule has 0 aromatic heterocycles. The number of benzene rings is 1. The van der Waals surface area contributed by atoms with E-state index < -0.39 is 0 Å². The van der Waals surface area contributed by atoms with Crippen LogP contribution in [-0.4, -0.2) is 63.1 Å². The molecule has 1 aromatic rings. The number of piperazine rings is 1. The molecule has 2 aliphatic heterocycles. The average molecular weight is 291 g/mol. The predicted octanol–water partition coefficient (Wildman–Crippen LogP) is 1.14. The van der Waals surface area contributed by atoms with Gasteiger partial charge in [0.1, 0.15) is 7.11 Å². The molecular weight excluding hydrogens is 270 g/mol. The summed E-state index contributed by atoms with van der Waals surface area (Å²) < 4.78 is 11.1. The van der Waals surface area contributed by atoms with E-state index in [1.54, 1.807) is 13.3 Å². The second-order valence-corrected chi connectivity index (χ2v) is 5.36. The van der Waals surface area contributed by atoms with E-state index in [0.717, 1.165) is 55.3 Å². The summed E-state index contributed by atoms with van der Waals surface area (Å²) in [6.45, 7) is 5.42. The van der Waals surface area contributed by atoms with Gasteiger partial charge in [-0.15, -0.1) is 0 Å². The number of likely N-dealkylation sites (N-methyl/N-ethyl adjacent to an activating group) is 1. The Bertz CT molecular complexity index is 525. The van der Waals surface area contributed by atoms with Crippen LogP contribution in [-0.2, 0) is 11.4 Å². The van der Waals surface area contributed by atoms with E-state index in [9.17, 15) is 0 Å². The number of rotatable bonds is 4. The fourth-order valence-electron chi connectivity index (χ4n) is 2.67. The van der Waals surface area contributed by atoms with Crippen molar-refractivity contribution in [3.8, 4) is 11.5 Å². The normalized spacial score (nSPS) is 19.3. The van der Waals surface area contributed by atoms with Crippen LogP contribution in [0.4, 0.5) is 0 Å². The van der Waals surface area contributed by atoms with E-state index >= 15 is 0 Å². The summed E-state index contributed by atoms with van der Waals surface area (Å²) in [7, 11) is 3.70. The Kier molecular flexibility index (Phi) is 4.26. The van der Waals surface area contributed by atoms with Crippen molar-refractivity contribution in [3.05, 3.63) is 23.3 Å². The molecule has 1 saturated heterocycles. The van der Waals surface area contributed by atoms with Crippen LogP contribution in [0.1, 0.15) is 11.1 Å². The Morgan fingerprint density at radius 3 is 2.81 bits per heavy atom. The molecule has 0 N–H and O–H groups in total. The van der Waals surface area contributed by atoms with E-state index in [1.807, 2.05) is 12.1 Å². The van der Waals surface area contributed by atoms with E-state index in [-0.39, 0.29) is 6.79 Å². The van der Waals surface area contributed by atoms with E-state index in [0.29, 0.717) is 0 Å². The molecule has 0 bridgehead atoms. The van der Waals surface area contributed by atoms with Gasteiger partial charge in [0.05, 0.1) is 6.21 Å². The molecule has 1 fully saturated rings. The molecule has 21 heavy (non-hydrogen) atoms. The number of hydrogen-bond acceptors (Lipinski definition) is 6. The second-order valence-electron chi connectivity index (χ2n) is 5.36. The smallest absolute Gasteiger partial charge is 0.231 e. The summed E-state index contributed by atoms with van der Waals surface area (Å²) in [5.74, 6) is 1.66. The van der Waals surface area contributed by atoms with Crippen LogP contribution in [0.3, 0.4) is 0 Å². The molecule has 1 aromatic carbocycles. The molecule has 6 nitrogen and oxygen atoms in total. The zero-order valence-electron chi connectivity index (χ0n) is 12.5. The van der Waals surface area contributed by atoms with Gasteiger partial charge in [-0.3, -0.25) is 4.90 Å². The van der Waals surface area contributed by atoms with Crippen LogP contribution < -0.4 is 9.47 Å². The van der Waals surface area contributed by atoms with Gasteiger partial charge < -0.3 is 19.2 Å². The van der Waals surface area contributed by atoms with Crippen molar-refractivity contribution in [3.63, 3.8) is 0 Å². The lowest BCUT2D eigenvalue weighted by Crippen LogP contribution is -2.44. The molecular formula is C15H21N3O3. The maximum Gasteiger partial charge on any atom is 0.231 e. The lowest BCUT2D eigenvalue weighted by atomic mass is 10.1. The topological polar surface area (TPSA) is 46.5 Å². The van der Waals surface area contributed by atoms with Gasteiger partial charge >= 0.3 is 0 Å². The quantitative estimate of drug-likeness (QED) is 0.615. The van der Waals surface area contributed by atoms with Crippen molar-refractivity contribution in [1.82, 2.24) is 9.80 Å². The number of nitrogens with zero attached hydrogens (tertiary/aromatic N) is 3. The zero-order chi connectivity index (χ0) is 14.7. The van der Waals surface area contributed by atoms with Gasteiger partial charge in [-0.1, -0.05) is 5.16 Å². The molecule has 0 aliphatic carbocycles. The minimum Gasteiger partial charge on any atom is -0.454 e. The second kappa shape index (κ2) is 6.32. The largest absolute Gasteiger partial charge is 0.454 e. The van der Waals surface area contributed by atoms with Gasteiger partial charge in [0.25, 0.3) is 0 Å². The molecule has 3 rings (SSSR count). The van der Waals surface area contributed by atoms with Crippen molar-refractivity contribution in [2.24, 2.45) is 5.16 Å². The van der Waals surface area contributed by atoms with Crippen LogP contribution in [0.25, 0.3) is 0 Å². The first-order valence-corrected chi connectivity index (χ1v) is 7.17. The monoisotopic (exact) mass is 291 g/mol. The third-order valence-corrected chi connectivity index (χ3v) is 3.95. The summed E-state index contributed by atoms with van der Waals surface area (Å²) in [6, 6.07) is 3.92. The minimum atomic E-state index is 0.288. The Hall–Kier alpha value is -1.79. The van der Waals surface area contributed by atoms with Crippen LogP contribution in [0.5, 0.6) is 11.5 Å². The first kappa shape index (κ1) is 14.2. The van der Waals surface area contributed by atoms with Crippen molar-refractivity contribution in [2.45, 2.75) is 6.54 Å². The molecule has 0 amide bonds. The van der Waals surface area contributed by atoms with Crippen LogP contribution in [0.15, 0.2) is 17.3 Å². The Balaban J connectivity index is 1.84. The molecule has 2 heterocycles. The van der Waals surface area contributed by atoms with Crippen molar-refractivity contribution < 1.29 is 14.3 Å². The van der Waals surface area contributed by atoms with Crippen molar-refractivity contribution >= 4 is 6.21 Å². The van der Waals surface area contributed by atoms with E-state index in [2.05, 4.69) is 22.0 Å². The minimum absolute atomic E-state index is 0.288. The fourth-order valence-corrected chi connectivity index (χ4v) is 2.67. The lowest BCUT2D eigenvalue weighted by Gasteiger charge is -2.32. The van der Waals surface area contributed by atoms with E-state index in [1.165, 1.54) is 0 Å². The van der Waals surface area contributed by atoms with Gasteiger partial charge in [-0.2, -0.15) is 0 Å². The Morgan fingerprint density at radius 2 is 2.05 bits per heavy atom. The van der Waals surface area contributed by atoms with Crippen molar-refractivity contribution in [1.29, 1.82) is 0 Å². The summed E-state index contributed by atoms with van der Waals surface area (Å²) in [4.78, 5) is 9.58. The molecule has 0 unspecified atom stereocenters. The third kappa shape index (κ3) is 3.11. The summed E-state index contributed by atoms with van der Waals surface area (Å²) in [6.07, 6.45) is 1.73. The van der Waals surface area contributed by atoms with E-state index in [4.69, 9.17) is 14.3 Å². The standard InChI is InChI=1S/C15H21N3O3/c1-17-5-7-18(8-6-17)10-13-12(9-16-19-2)3-4-14-15(13)21-11-20-14/h3-4,9H,5-8,10-11H2,1-2H3. The summed E-state index contributed by atoms with van der Waals surface area (Å²) in [5.41, 5.74) is 2.13. The first-order chi connectivity index (χ1) is 10.3. The SMILES string of the molecule is CON=Cc1ccc2c(c1CN1CCN(C)CC1)OCO2. The van der Waals surface area contributed by atoms with Gasteiger partial charge in [0.2, 0.25) is 6.79 Å². The lowest BCUT2D eigenvalue weighted by molar-refractivity contribution is 0.144. The molecule has 114 valence electrons. The maximum absolute atomic E-state index is 5.65. The van der Waals surface area contributed by atoms with Gasteiger partial charge in [0.15, 0.2) is 11.5 Å². The van der Waals surface area contributed by atoms with Gasteiger partial charge in [0, 0.05) is 43.9 Å². The van der Waals surface area contributed by atoms with Gasteiger partial charge in [-0.05, 0) is 19.2 Å². The maximum atomic E-state index is 5.65. The van der Waals surface area contributed by atoms with Gasteiger partial charge in [-0.25, -0.2) is 0 Å². The number of ether oxygens (including phenoxy) is 2. The number of oxime groups is 1. The predicted molar refractivity (Wildman–Crippen MR) is 79.9 cm³/mol. The molecule has 0 radical (unpaired) electrons. The Morgan fingerprint density at radius 1 is 1.24 bits per heavy atom. The highest BCUT2D eigenvalue weighted by molar-refractivity contribution is 5.83. The molecule has 0 atom stereocenters. The average Bonchev–Trinajstić information content (AvgIpc) is 2.97.